The van der Waals surface area contributed by atoms with E-state index in [-0.39, 0.29) is 12.5 Å². The van der Waals surface area contributed by atoms with Crippen LogP contribution in [0.25, 0.3) is 0 Å². The van der Waals surface area contributed by atoms with Crippen LogP contribution in [0.4, 0.5) is 0 Å². The van der Waals surface area contributed by atoms with E-state index in [0.717, 1.165) is 24.2 Å². The van der Waals surface area contributed by atoms with Gasteiger partial charge in [-0.2, -0.15) is 5.10 Å². The summed E-state index contributed by atoms with van der Waals surface area (Å²) in [7, 11) is 0. The van der Waals surface area contributed by atoms with Crippen molar-refractivity contribution in [3.63, 3.8) is 0 Å². The lowest BCUT2D eigenvalue weighted by Crippen LogP contribution is -2.30. The van der Waals surface area contributed by atoms with Crippen LogP contribution in [0.15, 0.2) is 6.07 Å². The third kappa shape index (κ3) is 5.42. The molecule has 1 atom stereocenters. The van der Waals surface area contributed by atoms with Crippen LogP contribution in [-0.2, 0) is 11.3 Å². The van der Waals surface area contributed by atoms with Gasteiger partial charge in [0.05, 0.1) is 5.69 Å². The predicted molar refractivity (Wildman–Crippen MR) is 74.8 cm³/mol. The Labute approximate surface area is 115 Å². The highest BCUT2D eigenvalue weighted by atomic mass is 16.3. The Balaban J connectivity index is 2.30. The van der Waals surface area contributed by atoms with Gasteiger partial charge in [0.2, 0.25) is 5.91 Å². The van der Waals surface area contributed by atoms with Crippen LogP contribution >= 0.6 is 0 Å². The van der Waals surface area contributed by atoms with E-state index in [9.17, 15) is 4.79 Å². The Hall–Kier alpha value is -1.36. The predicted octanol–water partition coefficient (Wildman–Crippen LogP) is 1.41. The number of aryl methyl sites for hydroxylation is 3. The number of aliphatic hydroxyl groups is 1. The van der Waals surface area contributed by atoms with E-state index in [4.69, 9.17) is 5.11 Å². The number of carbonyl (C=O) groups is 1. The molecule has 0 aliphatic carbocycles. The molecule has 0 bridgehead atoms. The van der Waals surface area contributed by atoms with Crippen LogP contribution in [0.1, 0.15) is 37.6 Å². The number of hydrogen-bond acceptors (Lipinski definition) is 3. The van der Waals surface area contributed by atoms with Crippen LogP contribution in [0.2, 0.25) is 0 Å². The monoisotopic (exact) mass is 267 g/mol. The topological polar surface area (TPSA) is 67.2 Å². The molecule has 1 rings (SSSR count). The first kappa shape index (κ1) is 15.7. The van der Waals surface area contributed by atoms with Crippen molar-refractivity contribution in [2.24, 2.45) is 5.92 Å². The summed E-state index contributed by atoms with van der Waals surface area (Å²) < 4.78 is 1.86. The molecule has 2 N–H and O–H groups in total. The minimum absolute atomic E-state index is 0.0453. The highest BCUT2D eigenvalue weighted by molar-refractivity contribution is 5.75. The highest BCUT2D eigenvalue weighted by Gasteiger charge is 2.09. The van der Waals surface area contributed by atoms with Gasteiger partial charge in [0.15, 0.2) is 0 Å². The second kappa shape index (κ2) is 7.94. The zero-order valence-electron chi connectivity index (χ0n) is 12.1. The maximum atomic E-state index is 11.7. The smallest absolute Gasteiger partial charge is 0.221 e. The molecule has 0 aromatic carbocycles. The van der Waals surface area contributed by atoms with Crippen molar-refractivity contribution in [3.8, 4) is 0 Å². The summed E-state index contributed by atoms with van der Waals surface area (Å²) in [5, 5.41) is 16.1. The van der Waals surface area contributed by atoms with Crippen LogP contribution in [0, 0.1) is 19.8 Å². The number of nitrogens with one attached hydrogen (secondary N) is 1. The van der Waals surface area contributed by atoms with Crippen molar-refractivity contribution < 1.29 is 9.90 Å². The second-order valence-corrected chi connectivity index (χ2v) is 4.99. The van der Waals surface area contributed by atoms with E-state index < -0.39 is 0 Å². The van der Waals surface area contributed by atoms with E-state index in [1.165, 1.54) is 0 Å². The van der Waals surface area contributed by atoms with Crippen LogP contribution in [0.5, 0.6) is 0 Å². The minimum Gasteiger partial charge on any atom is -0.396 e. The van der Waals surface area contributed by atoms with Gasteiger partial charge in [0, 0.05) is 31.8 Å². The van der Waals surface area contributed by atoms with Crippen molar-refractivity contribution in [3.05, 3.63) is 17.5 Å². The molecule has 0 radical (unpaired) electrons. The Kier molecular flexibility index (Phi) is 6.56. The molecule has 1 amide bonds. The number of hydrogen-bond donors (Lipinski definition) is 2. The van der Waals surface area contributed by atoms with Gasteiger partial charge in [-0.25, -0.2) is 0 Å². The van der Waals surface area contributed by atoms with Crippen molar-refractivity contribution in [2.75, 3.05) is 13.2 Å². The third-order valence-corrected chi connectivity index (χ3v) is 3.36. The number of amides is 1. The fourth-order valence-corrected chi connectivity index (χ4v) is 2.09. The standard InChI is InChI=1S/C14H25N3O2/c1-4-13(6-8-18)10-15-14(19)5-7-17-12(3)9-11(2)16-17/h9,13,18H,4-8,10H2,1-3H3,(H,15,19). The summed E-state index contributed by atoms with van der Waals surface area (Å²) in [6.45, 7) is 7.45. The normalized spacial score (nSPS) is 12.4. The molecule has 1 heterocycles. The largest absolute Gasteiger partial charge is 0.396 e. The highest BCUT2D eigenvalue weighted by Crippen LogP contribution is 2.06. The second-order valence-electron chi connectivity index (χ2n) is 4.99. The lowest BCUT2D eigenvalue weighted by molar-refractivity contribution is -0.121. The first-order valence-electron chi connectivity index (χ1n) is 6.95. The molecule has 0 spiro atoms. The summed E-state index contributed by atoms with van der Waals surface area (Å²) in [4.78, 5) is 11.7. The summed E-state index contributed by atoms with van der Waals surface area (Å²) in [5.74, 6) is 0.409. The lowest BCUT2D eigenvalue weighted by atomic mass is 10.0. The van der Waals surface area contributed by atoms with Crippen LogP contribution < -0.4 is 5.32 Å². The van der Waals surface area contributed by atoms with Gasteiger partial charge in [-0.3, -0.25) is 9.48 Å². The first-order chi connectivity index (χ1) is 9.06. The molecular weight excluding hydrogens is 242 g/mol. The SMILES string of the molecule is CCC(CCO)CNC(=O)CCn1nc(C)cc1C. The van der Waals surface area contributed by atoms with Crippen LogP contribution in [-0.4, -0.2) is 33.9 Å². The fraction of sp³-hybridized carbons (Fsp3) is 0.714. The maximum absolute atomic E-state index is 11.7. The molecule has 0 aliphatic rings. The molecule has 108 valence electrons. The van der Waals surface area contributed by atoms with E-state index in [1.54, 1.807) is 0 Å². The molecule has 19 heavy (non-hydrogen) atoms. The summed E-state index contributed by atoms with van der Waals surface area (Å²) >= 11 is 0. The van der Waals surface area contributed by atoms with E-state index in [0.29, 0.717) is 25.4 Å². The van der Waals surface area contributed by atoms with Crippen molar-refractivity contribution >= 4 is 5.91 Å². The molecule has 5 heteroatoms. The van der Waals surface area contributed by atoms with Crippen LogP contribution in [0.3, 0.4) is 0 Å². The van der Waals surface area contributed by atoms with Gasteiger partial charge in [-0.1, -0.05) is 13.3 Å². The van der Waals surface area contributed by atoms with E-state index in [2.05, 4.69) is 17.3 Å². The van der Waals surface area contributed by atoms with Crippen molar-refractivity contribution in [1.29, 1.82) is 0 Å². The summed E-state index contributed by atoms with van der Waals surface area (Å²) in [6.07, 6.45) is 2.16. The average Bonchev–Trinajstić information content (AvgIpc) is 2.70. The Morgan fingerprint density at radius 1 is 1.53 bits per heavy atom. The Morgan fingerprint density at radius 3 is 2.79 bits per heavy atom. The number of rotatable bonds is 8. The third-order valence-electron chi connectivity index (χ3n) is 3.36. The number of nitrogens with zero attached hydrogens (tertiary/aromatic N) is 2. The molecule has 1 aromatic rings. The number of carbonyl (C=O) groups excluding carboxylic acids is 1. The van der Waals surface area contributed by atoms with Gasteiger partial charge < -0.3 is 10.4 Å². The summed E-state index contributed by atoms with van der Waals surface area (Å²) in [5.41, 5.74) is 2.06. The number of aromatic nitrogens is 2. The zero-order valence-corrected chi connectivity index (χ0v) is 12.1. The molecular formula is C14H25N3O2. The van der Waals surface area contributed by atoms with Gasteiger partial charge in [-0.15, -0.1) is 0 Å². The molecule has 1 aromatic heterocycles. The van der Waals surface area contributed by atoms with E-state index >= 15 is 0 Å². The van der Waals surface area contributed by atoms with E-state index in [1.807, 2.05) is 24.6 Å². The molecule has 5 nitrogen and oxygen atoms in total. The Bertz CT molecular complexity index is 401. The Morgan fingerprint density at radius 2 is 2.26 bits per heavy atom. The fourth-order valence-electron chi connectivity index (χ4n) is 2.09. The molecule has 1 unspecified atom stereocenters. The van der Waals surface area contributed by atoms with Gasteiger partial charge in [0.25, 0.3) is 0 Å². The molecule has 0 aliphatic heterocycles. The van der Waals surface area contributed by atoms with Gasteiger partial charge in [-0.05, 0) is 32.3 Å². The van der Waals surface area contributed by atoms with Gasteiger partial charge in [0.1, 0.15) is 0 Å². The summed E-state index contributed by atoms with van der Waals surface area (Å²) in [6, 6.07) is 2.01. The zero-order chi connectivity index (χ0) is 14.3. The van der Waals surface area contributed by atoms with Gasteiger partial charge >= 0.3 is 0 Å². The average molecular weight is 267 g/mol. The molecule has 0 saturated carbocycles. The van der Waals surface area contributed by atoms with Crippen molar-refractivity contribution in [2.45, 2.75) is 46.6 Å². The molecule has 0 fully saturated rings. The lowest BCUT2D eigenvalue weighted by Gasteiger charge is -2.14. The maximum Gasteiger partial charge on any atom is 0.221 e. The first-order valence-corrected chi connectivity index (χ1v) is 6.95. The quantitative estimate of drug-likeness (QED) is 0.748. The minimum atomic E-state index is 0.0453. The van der Waals surface area contributed by atoms with Crippen molar-refractivity contribution in [1.82, 2.24) is 15.1 Å². The number of aliphatic hydroxyl groups excluding tert-OH is 1. The molecule has 0 saturated heterocycles.